The van der Waals surface area contributed by atoms with Crippen molar-refractivity contribution >= 4 is 17.5 Å². The van der Waals surface area contributed by atoms with Crippen LogP contribution >= 0.6 is 11.6 Å². The third-order valence-corrected chi connectivity index (χ3v) is 4.05. The molecule has 1 aliphatic heterocycles. The molecule has 0 radical (unpaired) electrons. The van der Waals surface area contributed by atoms with Crippen LogP contribution in [0.2, 0.25) is 0 Å². The minimum atomic E-state index is 0.220. The number of hydrogen-bond donors (Lipinski definition) is 0. The molecular weight excluding hydrogens is 238 g/mol. The van der Waals surface area contributed by atoms with E-state index in [1.165, 1.54) is 0 Å². The van der Waals surface area contributed by atoms with Crippen molar-refractivity contribution < 1.29 is 9.53 Å². The maximum atomic E-state index is 12.1. The standard InChI is InChI=1S/C13H20ClNO2/c1-10-8-12(14)3-2-11(10)9-13(16)15-4-6-17-7-5-15/h11-12H,1-9H2. The third kappa shape index (κ3) is 3.46. The van der Waals surface area contributed by atoms with Crippen molar-refractivity contribution in [2.24, 2.45) is 5.92 Å². The lowest BCUT2D eigenvalue weighted by Gasteiger charge is -2.31. The Morgan fingerprint density at radius 2 is 2.12 bits per heavy atom. The summed E-state index contributed by atoms with van der Waals surface area (Å²) in [4.78, 5) is 14.0. The number of rotatable bonds is 2. The van der Waals surface area contributed by atoms with Crippen molar-refractivity contribution in [3.8, 4) is 0 Å². The number of carbonyl (C=O) groups is 1. The summed E-state index contributed by atoms with van der Waals surface area (Å²) in [6, 6.07) is 0. The SMILES string of the molecule is C=C1CC(Cl)CCC1CC(=O)N1CCOCC1. The van der Waals surface area contributed by atoms with E-state index in [2.05, 4.69) is 6.58 Å². The van der Waals surface area contributed by atoms with Crippen LogP contribution in [-0.2, 0) is 9.53 Å². The topological polar surface area (TPSA) is 29.5 Å². The summed E-state index contributed by atoms with van der Waals surface area (Å²) in [6.45, 7) is 6.86. The largest absolute Gasteiger partial charge is 0.378 e. The molecule has 0 N–H and O–H groups in total. The molecule has 2 aliphatic rings. The van der Waals surface area contributed by atoms with Gasteiger partial charge in [-0.25, -0.2) is 0 Å². The summed E-state index contributed by atoms with van der Waals surface area (Å²) in [5.41, 5.74) is 1.15. The van der Waals surface area contributed by atoms with Gasteiger partial charge in [-0.3, -0.25) is 4.79 Å². The van der Waals surface area contributed by atoms with E-state index < -0.39 is 0 Å². The van der Waals surface area contributed by atoms with Gasteiger partial charge in [0.2, 0.25) is 5.91 Å². The minimum absolute atomic E-state index is 0.220. The first-order chi connectivity index (χ1) is 8.16. The number of alkyl halides is 1. The van der Waals surface area contributed by atoms with E-state index in [1.54, 1.807) is 0 Å². The summed E-state index contributed by atoms with van der Waals surface area (Å²) in [7, 11) is 0. The van der Waals surface area contributed by atoms with Crippen LogP contribution in [-0.4, -0.2) is 42.5 Å². The van der Waals surface area contributed by atoms with Gasteiger partial charge >= 0.3 is 0 Å². The highest BCUT2D eigenvalue weighted by molar-refractivity contribution is 6.20. The average molecular weight is 258 g/mol. The molecule has 1 saturated heterocycles. The second-order valence-corrected chi connectivity index (χ2v) is 5.55. The van der Waals surface area contributed by atoms with E-state index in [4.69, 9.17) is 16.3 Å². The van der Waals surface area contributed by atoms with Gasteiger partial charge < -0.3 is 9.64 Å². The van der Waals surface area contributed by atoms with Crippen molar-refractivity contribution in [2.75, 3.05) is 26.3 Å². The quantitative estimate of drug-likeness (QED) is 0.561. The molecule has 1 heterocycles. The summed E-state index contributed by atoms with van der Waals surface area (Å²) >= 11 is 6.09. The maximum absolute atomic E-state index is 12.1. The van der Waals surface area contributed by atoms with Crippen LogP contribution in [0.25, 0.3) is 0 Å². The molecule has 2 rings (SSSR count). The number of amides is 1. The zero-order valence-electron chi connectivity index (χ0n) is 10.2. The van der Waals surface area contributed by atoms with Crippen LogP contribution in [0, 0.1) is 5.92 Å². The van der Waals surface area contributed by atoms with Crippen LogP contribution in [0.15, 0.2) is 12.2 Å². The fourth-order valence-electron chi connectivity index (χ4n) is 2.54. The van der Waals surface area contributed by atoms with Gasteiger partial charge in [0.25, 0.3) is 0 Å². The van der Waals surface area contributed by atoms with E-state index in [0.29, 0.717) is 25.6 Å². The van der Waals surface area contributed by atoms with Crippen molar-refractivity contribution in [1.82, 2.24) is 4.90 Å². The first-order valence-corrected chi connectivity index (χ1v) is 6.77. The zero-order valence-corrected chi connectivity index (χ0v) is 10.9. The predicted molar refractivity (Wildman–Crippen MR) is 68.1 cm³/mol. The van der Waals surface area contributed by atoms with Gasteiger partial charge in [0.05, 0.1) is 13.2 Å². The molecule has 96 valence electrons. The van der Waals surface area contributed by atoms with Gasteiger partial charge in [0.15, 0.2) is 0 Å². The van der Waals surface area contributed by atoms with Crippen molar-refractivity contribution in [3.63, 3.8) is 0 Å². The lowest BCUT2D eigenvalue weighted by Crippen LogP contribution is -2.41. The van der Waals surface area contributed by atoms with Gasteiger partial charge in [0.1, 0.15) is 0 Å². The number of morpholine rings is 1. The Bertz CT molecular complexity index is 300. The van der Waals surface area contributed by atoms with E-state index in [-0.39, 0.29) is 11.3 Å². The third-order valence-electron chi connectivity index (χ3n) is 3.67. The molecule has 2 unspecified atom stereocenters. The van der Waals surface area contributed by atoms with Crippen LogP contribution in [0.1, 0.15) is 25.7 Å². The number of halogens is 1. The molecule has 0 aromatic carbocycles. The average Bonchev–Trinajstić information content (AvgIpc) is 2.34. The predicted octanol–water partition coefficient (Wildman–Crippen LogP) is 2.20. The molecule has 0 bridgehead atoms. The highest BCUT2D eigenvalue weighted by Crippen LogP contribution is 2.33. The van der Waals surface area contributed by atoms with E-state index in [1.807, 2.05) is 4.90 Å². The Morgan fingerprint density at radius 3 is 2.76 bits per heavy atom. The second-order valence-electron chi connectivity index (χ2n) is 4.93. The summed E-state index contributed by atoms with van der Waals surface area (Å²) in [5, 5.41) is 0.220. The molecule has 4 heteroatoms. The minimum Gasteiger partial charge on any atom is -0.378 e. The van der Waals surface area contributed by atoms with E-state index >= 15 is 0 Å². The Morgan fingerprint density at radius 1 is 1.41 bits per heavy atom. The van der Waals surface area contributed by atoms with Gasteiger partial charge in [-0.05, 0) is 25.2 Å². The summed E-state index contributed by atoms with van der Waals surface area (Å²) < 4.78 is 5.25. The molecule has 1 amide bonds. The smallest absolute Gasteiger partial charge is 0.223 e. The number of hydrogen-bond acceptors (Lipinski definition) is 2. The van der Waals surface area contributed by atoms with Gasteiger partial charge in [-0.15, -0.1) is 11.6 Å². The van der Waals surface area contributed by atoms with Crippen LogP contribution in [0.5, 0.6) is 0 Å². The van der Waals surface area contributed by atoms with Crippen molar-refractivity contribution in [1.29, 1.82) is 0 Å². The monoisotopic (exact) mass is 257 g/mol. The van der Waals surface area contributed by atoms with E-state index in [9.17, 15) is 4.79 Å². The van der Waals surface area contributed by atoms with Gasteiger partial charge in [0, 0.05) is 24.9 Å². The van der Waals surface area contributed by atoms with Crippen LogP contribution < -0.4 is 0 Å². The Hall–Kier alpha value is -0.540. The van der Waals surface area contributed by atoms with Crippen LogP contribution in [0.3, 0.4) is 0 Å². The number of ether oxygens (including phenoxy) is 1. The summed E-state index contributed by atoms with van der Waals surface area (Å²) in [5.74, 6) is 0.577. The first-order valence-electron chi connectivity index (χ1n) is 6.34. The Kier molecular flexibility index (Phi) is 4.46. The number of allylic oxidation sites excluding steroid dienone is 1. The molecule has 1 aliphatic carbocycles. The lowest BCUT2D eigenvalue weighted by atomic mass is 9.82. The maximum Gasteiger partial charge on any atom is 0.223 e. The zero-order chi connectivity index (χ0) is 12.3. The lowest BCUT2D eigenvalue weighted by molar-refractivity contribution is -0.136. The fraction of sp³-hybridized carbons (Fsp3) is 0.769. The molecule has 0 aromatic rings. The molecule has 2 atom stereocenters. The Labute approximate surface area is 108 Å². The van der Waals surface area contributed by atoms with Gasteiger partial charge in [-0.1, -0.05) is 12.2 Å². The normalized spacial score (nSPS) is 30.4. The van der Waals surface area contributed by atoms with E-state index in [0.717, 1.165) is 37.9 Å². The van der Waals surface area contributed by atoms with Crippen molar-refractivity contribution in [2.45, 2.75) is 31.1 Å². The molecule has 1 saturated carbocycles. The second kappa shape index (κ2) is 5.87. The summed E-state index contributed by atoms with van der Waals surface area (Å²) in [6.07, 6.45) is 3.47. The molecule has 2 fully saturated rings. The number of carbonyl (C=O) groups excluding carboxylic acids is 1. The molecule has 0 aromatic heterocycles. The van der Waals surface area contributed by atoms with Crippen molar-refractivity contribution in [3.05, 3.63) is 12.2 Å². The molecule has 17 heavy (non-hydrogen) atoms. The first kappa shape index (κ1) is 12.9. The molecule has 3 nitrogen and oxygen atoms in total. The Balaban J connectivity index is 1.83. The molecule has 0 spiro atoms. The molecular formula is C13H20ClNO2. The van der Waals surface area contributed by atoms with Crippen LogP contribution in [0.4, 0.5) is 0 Å². The fourth-order valence-corrected chi connectivity index (χ4v) is 2.86. The number of nitrogens with zero attached hydrogens (tertiary/aromatic N) is 1. The highest BCUT2D eigenvalue weighted by atomic mass is 35.5. The highest BCUT2D eigenvalue weighted by Gasteiger charge is 2.27. The van der Waals surface area contributed by atoms with Gasteiger partial charge in [-0.2, -0.15) is 0 Å².